The van der Waals surface area contributed by atoms with Gasteiger partial charge in [-0.1, -0.05) is 0 Å². The molecule has 0 aliphatic rings. The summed E-state index contributed by atoms with van der Waals surface area (Å²) in [6, 6.07) is 0. The maximum atomic E-state index is 5.45. The minimum Gasteiger partial charge on any atom is -0.179 e. The Kier molecular flexibility index (Phi) is 25.9. The zero-order valence-corrected chi connectivity index (χ0v) is 30.8. The van der Waals surface area contributed by atoms with Crippen molar-refractivity contribution in [2.24, 2.45) is 5.41 Å². The van der Waals surface area contributed by atoms with E-state index in [2.05, 4.69) is 50.5 Å². The van der Waals surface area contributed by atoms with Crippen LogP contribution >= 0.6 is 173 Å². The summed E-state index contributed by atoms with van der Waals surface area (Å²) in [7, 11) is 0. The van der Waals surface area contributed by atoms with Crippen LogP contribution in [0.1, 0.15) is 0 Å². The van der Waals surface area contributed by atoms with Gasteiger partial charge in [-0.2, -0.15) is 173 Å². The topological polar surface area (TPSA) is 0 Å². The van der Waals surface area contributed by atoms with Crippen LogP contribution in [0.3, 0.4) is 0 Å². The van der Waals surface area contributed by atoms with E-state index < -0.39 is 4.75 Å². The zero-order chi connectivity index (χ0) is 25.3. The zero-order valence-electron chi connectivity index (χ0n) is 18.6. The monoisotopic (exact) mass is 716 g/mol. The molecule has 0 aromatic heterocycles. The number of hydrogen-bond donors (Lipinski definition) is 10. The molecular weight excluding hydrogens is 677 g/mol. The standard InChI is InChI=1S/C19H40S14/c20-1-4-30-8-14(7-23)33-10-16(27)19(29,18(11-24,12-25)13-26)17(28)15(32-6-3-22)9-31-5-2-21/h14-17,20-29H,1-13H2. The number of thiol groups is 10. The highest BCUT2D eigenvalue weighted by Gasteiger charge is 2.56. The molecule has 200 valence electrons. The summed E-state index contributed by atoms with van der Waals surface area (Å²) < 4.78 is -0.521. The first kappa shape index (κ1) is 37.9. The molecule has 0 N–H and O–H groups in total. The molecule has 0 amide bonds. The second-order valence-corrected chi connectivity index (χ2v) is 17.0. The van der Waals surface area contributed by atoms with Gasteiger partial charge in [0.25, 0.3) is 0 Å². The third kappa shape index (κ3) is 12.5. The fourth-order valence-corrected chi connectivity index (χ4v) is 14.1. The molecule has 14 heteroatoms. The van der Waals surface area contributed by atoms with E-state index in [1.807, 2.05) is 47.0 Å². The van der Waals surface area contributed by atoms with Gasteiger partial charge in [0.15, 0.2) is 0 Å². The van der Waals surface area contributed by atoms with Crippen molar-refractivity contribution < 1.29 is 0 Å². The molecule has 0 aliphatic heterocycles. The molecule has 0 spiro atoms. The lowest BCUT2D eigenvalue weighted by Gasteiger charge is -2.54. The highest BCUT2D eigenvalue weighted by atomic mass is 32.2. The predicted octanol–water partition coefficient (Wildman–Crippen LogP) is 6.42. The summed E-state index contributed by atoms with van der Waals surface area (Å²) in [5, 5.41) is 0.737. The Bertz CT molecular complexity index is 458. The lowest BCUT2D eigenvalue weighted by Crippen LogP contribution is -2.63. The molecule has 0 aliphatic carbocycles. The molecule has 0 aromatic rings. The van der Waals surface area contributed by atoms with Crippen LogP contribution in [-0.4, -0.2) is 101 Å². The molecule has 0 bridgehead atoms. The summed E-state index contributed by atoms with van der Waals surface area (Å²) in [6.07, 6.45) is 0. The predicted molar refractivity (Wildman–Crippen MR) is 204 cm³/mol. The van der Waals surface area contributed by atoms with Crippen LogP contribution < -0.4 is 0 Å². The molecule has 0 fully saturated rings. The molecule has 0 nitrogen and oxygen atoms in total. The minimum atomic E-state index is -0.521. The Morgan fingerprint density at radius 2 is 1.15 bits per heavy atom. The highest BCUT2D eigenvalue weighted by molar-refractivity contribution is 8.05. The first-order valence-electron chi connectivity index (χ1n) is 10.5. The van der Waals surface area contributed by atoms with Gasteiger partial charge in [0.2, 0.25) is 0 Å². The molecular formula is C19H40S14. The van der Waals surface area contributed by atoms with Crippen LogP contribution in [0.2, 0.25) is 0 Å². The van der Waals surface area contributed by atoms with Crippen molar-refractivity contribution in [3.63, 3.8) is 0 Å². The van der Waals surface area contributed by atoms with Gasteiger partial charge in [0.1, 0.15) is 0 Å². The van der Waals surface area contributed by atoms with E-state index in [0.717, 1.165) is 57.5 Å². The van der Waals surface area contributed by atoms with Gasteiger partial charge < -0.3 is 0 Å². The Labute approximate surface area is 275 Å². The van der Waals surface area contributed by atoms with Crippen LogP contribution in [0.5, 0.6) is 0 Å². The van der Waals surface area contributed by atoms with Crippen molar-refractivity contribution in [3.8, 4) is 0 Å². The molecule has 0 saturated carbocycles. The van der Waals surface area contributed by atoms with Crippen molar-refractivity contribution in [3.05, 3.63) is 0 Å². The Morgan fingerprint density at radius 3 is 1.61 bits per heavy atom. The van der Waals surface area contributed by atoms with Crippen LogP contribution in [0.25, 0.3) is 0 Å². The normalized spacial score (nSPS) is 18.0. The van der Waals surface area contributed by atoms with Crippen molar-refractivity contribution in [2.75, 3.05) is 74.8 Å². The Morgan fingerprint density at radius 1 is 0.636 bits per heavy atom. The highest BCUT2D eigenvalue weighted by Crippen LogP contribution is 2.52. The van der Waals surface area contributed by atoms with Crippen LogP contribution in [0.15, 0.2) is 0 Å². The molecule has 0 rings (SSSR count). The number of thioether (sulfide) groups is 4. The van der Waals surface area contributed by atoms with Gasteiger partial charge in [-0.05, 0) is 34.5 Å². The van der Waals surface area contributed by atoms with E-state index in [1.54, 1.807) is 0 Å². The average molecular weight is 717 g/mol. The number of hydrogen-bond acceptors (Lipinski definition) is 14. The summed E-state index contributed by atoms with van der Waals surface area (Å²) in [5.41, 5.74) is -0.323. The smallest absolute Gasteiger partial charge is 0.0460 e. The van der Waals surface area contributed by atoms with E-state index in [0.29, 0.717) is 27.8 Å². The van der Waals surface area contributed by atoms with Crippen LogP contribution in [-0.2, 0) is 0 Å². The second kappa shape index (κ2) is 22.6. The summed E-state index contributed by atoms with van der Waals surface area (Å²) in [5.74, 6) is 11.3. The first-order chi connectivity index (χ1) is 15.8. The van der Waals surface area contributed by atoms with E-state index >= 15 is 0 Å². The fourth-order valence-electron chi connectivity index (χ4n) is 3.16. The lowest BCUT2D eigenvalue weighted by atomic mass is 9.74. The van der Waals surface area contributed by atoms with Gasteiger partial charge in [-0.3, -0.25) is 0 Å². The van der Waals surface area contributed by atoms with E-state index in [4.69, 9.17) is 75.8 Å². The van der Waals surface area contributed by atoms with Crippen molar-refractivity contribution in [1.82, 2.24) is 0 Å². The van der Waals surface area contributed by atoms with E-state index in [9.17, 15) is 0 Å². The molecule has 0 heterocycles. The van der Waals surface area contributed by atoms with Crippen molar-refractivity contribution >= 4 is 173 Å². The van der Waals surface area contributed by atoms with Gasteiger partial charge in [-0.25, -0.2) is 0 Å². The number of rotatable bonds is 22. The fraction of sp³-hybridized carbons (Fsp3) is 1.00. The molecule has 0 saturated heterocycles. The average Bonchev–Trinajstić information content (AvgIpc) is 2.83. The maximum Gasteiger partial charge on any atom is 0.0460 e. The first-order valence-corrected chi connectivity index (χ1v) is 20.8. The van der Waals surface area contributed by atoms with Gasteiger partial charge in [-0.15, -0.1) is 0 Å². The quantitative estimate of drug-likeness (QED) is 0.0465. The molecule has 33 heavy (non-hydrogen) atoms. The summed E-state index contributed by atoms with van der Waals surface area (Å²) in [6.45, 7) is 0. The third-order valence-corrected chi connectivity index (χ3v) is 17.9. The van der Waals surface area contributed by atoms with E-state index in [-0.39, 0.29) is 15.9 Å². The molecule has 5 unspecified atom stereocenters. The van der Waals surface area contributed by atoms with Gasteiger partial charge in [0.05, 0.1) is 0 Å². The van der Waals surface area contributed by atoms with Crippen LogP contribution in [0, 0.1) is 5.41 Å². The van der Waals surface area contributed by atoms with E-state index in [1.165, 1.54) is 0 Å². The lowest BCUT2D eigenvalue weighted by molar-refractivity contribution is 0.299. The Balaban J connectivity index is 5.86. The van der Waals surface area contributed by atoms with Gasteiger partial charge >= 0.3 is 0 Å². The summed E-state index contributed by atoms with van der Waals surface area (Å²) >= 11 is 55.7. The maximum absolute atomic E-state index is 5.45. The molecule has 5 atom stereocenters. The minimum absolute atomic E-state index is 0.00831. The van der Waals surface area contributed by atoms with Crippen LogP contribution in [0.4, 0.5) is 0 Å². The van der Waals surface area contributed by atoms with Crippen molar-refractivity contribution in [1.29, 1.82) is 0 Å². The SMILES string of the molecule is SCCSCC(CS)SCC(S)C(S)(C(S)C(CSCCS)SCCS)C(CS)(CS)CS. The second-order valence-electron chi connectivity index (χ2n) is 7.41. The molecule has 0 aromatic carbocycles. The summed E-state index contributed by atoms with van der Waals surface area (Å²) in [4.78, 5) is 0. The largest absolute Gasteiger partial charge is 0.179 e. The molecule has 0 radical (unpaired) electrons. The Hall–Kier alpha value is 4.90. The van der Waals surface area contributed by atoms with Crippen molar-refractivity contribution in [2.45, 2.75) is 25.7 Å². The third-order valence-electron chi connectivity index (χ3n) is 5.24. The van der Waals surface area contributed by atoms with Gasteiger partial charge in [0, 0.05) is 71.4 Å².